The summed E-state index contributed by atoms with van der Waals surface area (Å²) in [5.74, 6) is -0.245. The number of aryl methyl sites for hydroxylation is 3. The number of rotatable bonds is 5. The van der Waals surface area contributed by atoms with E-state index in [0.717, 1.165) is 24.4 Å². The first kappa shape index (κ1) is 15.3. The van der Waals surface area contributed by atoms with E-state index in [-0.39, 0.29) is 11.1 Å². The summed E-state index contributed by atoms with van der Waals surface area (Å²) in [5, 5.41) is 7.43. The second-order valence-electron chi connectivity index (χ2n) is 4.85. The maximum Gasteiger partial charge on any atom is 0.253 e. The summed E-state index contributed by atoms with van der Waals surface area (Å²) >= 11 is 5.76. The molecule has 0 atom stereocenters. The van der Waals surface area contributed by atoms with Crippen LogP contribution in [0.3, 0.4) is 0 Å². The van der Waals surface area contributed by atoms with Gasteiger partial charge in [-0.15, -0.1) is 0 Å². The van der Waals surface area contributed by atoms with Crippen LogP contribution in [-0.2, 0) is 6.54 Å². The molecule has 0 bridgehead atoms. The van der Waals surface area contributed by atoms with Crippen molar-refractivity contribution >= 4 is 23.2 Å². The minimum absolute atomic E-state index is 0.245. The SMILES string of the molecule is Cc1cc(C)n(CCCNC(=O)c2cc(Cl)ncc2N)n1. The summed E-state index contributed by atoms with van der Waals surface area (Å²) in [6, 6.07) is 3.49. The second-order valence-corrected chi connectivity index (χ2v) is 5.24. The van der Waals surface area contributed by atoms with Crippen LogP contribution < -0.4 is 11.1 Å². The van der Waals surface area contributed by atoms with Crippen LogP contribution in [0.15, 0.2) is 18.3 Å². The zero-order chi connectivity index (χ0) is 15.4. The highest BCUT2D eigenvalue weighted by Gasteiger charge is 2.10. The van der Waals surface area contributed by atoms with Crippen molar-refractivity contribution in [2.75, 3.05) is 12.3 Å². The highest BCUT2D eigenvalue weighted by molar-refractivity contribution is 6.29. The molecular formula is C14H18ClN5O. The molecule has 6 nitrogen and oxygen atoms in total. The molecule has 0 saturated carbocycles. The van der Waals surface area contributed by atoms with E-state index in [0.29, 0.717) is 17.8 Å². The molecule has 0 aromatic carbocycles. The van der Waals surface area contributed by atoms with Gasteiger partial charge in [0.25, 0.3) is 5.91 Å². The summed E-state index contributed by atoms with van der Waals surface area (Å²) in [6.45, 7) is 5.27. The molecule has 2 aromatic heterocycles. The molecule has 0 unspecified atom stereocenters. The van der Waals surface area contributed by atoms with Crippen LogP contribution in [0.1, 0.15) is 28.2 Å². The first-order valence-corrected chi connectivity index (χ1v) is 7.05. The molecule has 2 rings (SSSR count). The zero-order valence-electron chi connectivity index (χ0n) is 12.1. The van der Waals surface area contributed by atoms with Gasteiger partial charge in [0.1, 0.15) is 5.15 Å². The molecule has 7 heteroatoms. The van der Waals surface area contributed by atoms with E-state index in [9.17, 15) is 4.79 Å². The lowest BCUT2D eigenvalue weighted by Gasteiger charge is -2.08. The fourth-order valence-corrected chi connectivity index (χ4v) is 2.22. The van der Waals surface area contributed by atoms with E-state index in [4.69, 9.17) is 17.3 Å². The van der Waals surface area contributed by atoms with Gasteiger partial charge in [0, 0.05) is 18.8 Å². The van der Waals surface area contributed by atoms with Gasteiger partial charge in [0.2, 0.25) is 0 Å². The van der Waals surface area contributed by atoms with Gasteiger partial charge < -0.3 is 11.1 Å². The van der Waals surface area contributed by atoms with E-state index >= 15 is 0 Å². The molecule has 2 aromatic rings. The Bertz CT molecular complexity index is 653. The first-order valence-electron chi connectivity index (χ1n) is 6.67. The highest BCUT2D eigenvalue weighted by Crippen LogP contribution is 2.14. The Labute approximate surface area is 128 Å². The summed E-state index contributed by atoms with van der Waals surface area (Å²) < 4.78 is 1.93. The fraction of sp³-hybridized carbons (Fsp3) is 0.357. The van der Waals surface area contributed by atoms with Crippen molar-refractivity contribution in [1.82, 2.24) is 20.1 Å². The number of carbonyl (C=O) groups is 1. The predicted octanol–water partition coefficient (Wildman–Crippen LogP) is 1.95. The molecule has 1 amide bonds. The average molecular weight is 308 g/mol. The van der Waals surface area contributed by atoms with Crippen molar-refractivity contribution in [3.63, 3.8) is 0 Å². The van der Waals surface area contributed by atoms with Crippen LogP contribution in [0, 0.1) is 13.8 Å². The molecule has 0 fully saturated rings. The molecule has 0 radical (unpaired) electrons. The number of hydrogen-bond acceptors (Lipinski definition) is 4. The van der Waals surface area contributed by atoms with Gasteiger partial charge in [0.05, 0.1) is 23.1 Å². The minimum atomic E-state index is -0.245. The van der Waals surface area contributed by atoms with Crippen molar-refractivity contribution in [2.24, 2.45) is 0 Å². The van der Waals surface area contributed by atoms with Crippen LogP contribution in [0.4, 0.5) is 5.69 Å². The normalized spacial score (nSPS) is 10.6. The van der Waals surface area contributed by atoms with Crippen molar-refractivity contribution in [3.05, 3.63) is 40.4 Å². The average Bonchev–Trinajstić information content (AvgIpc) is 2.75. The Hall–Kier alpha value is -2.08. The topological polar surface area (TPSA) is 85.8 Å². The second kappa shape index (κ2) is 6.58. The number of amides is 1. The molecule has 0 spiro atoms. The van der Waals surface area contributed by atoms with Crippen LogP contribution in [0.25, 0.3) is 0 Å². The Kier molecular flexibility index (Phi) is 4.80. The van der Waals surface area contributed by atoms with Crippen LogP contribution in [-0.4, -0.2) is 27.2 Å². The first-order chi connectivity index (χ1) is 9.97. The van der Waals surface area contributed by atoms with Gasteiger partial charge in [-0.3, -0.25) is 9.48 Å². The number of nitrogens with zero attached hydrogens (tertiary/aromatic N) is 3. The van der Waals surface area contributed by atoms with Crippen LogP contribution >= 0.6 is 11.6 Å². The predicted molar refractivity (Wildman–Crippen MR) is 82.3 cm³/mol. The minimum Gasteiger partial charge on any atom is -0.397 e. The third kappa shape index (κ3) is 3.95. The molecule has 0 saturated heterocycles. The van der Waals surface area contributed by atoms with E-state index in [2.05, 4.69) is 15.4 Å². The van der Waals surface area contributed by atoms with E-state index in [1.807, 2.05) is 24.6 Å². The van der Waals surface area contributed by atoms with Gasteiger partial charge in [0.15, 0.2) is 0 Å². The smallest absolute Gasteiger partial charge is 0.253 e. The lowest BCUT2D eigenvalue weighted by Crippen LogP contribution is -2.26. The molecule has 0 aliphatic rings. The summed E-state index contributed by atoms with van der Waals surface area (Å²) in [6.07, 6.45) is 2.17. The van der Waals surface area contributed by atoms with Crippen molar-refractivity contribution in [2.45, 2.75) is 26.8 Å². The third-order valence-electron chi connectivity index (χ3n) is 3.08. The van der Waals surface area contributed by atoms with E-state index in [1.165, 1.54) is 12.3 Å². The number of nitrogens with two attached hydrogens (primary N) is 1. The maximum atomic E-state index is 12.0. The van der Waals surface area contributed by atoms with Gasteiger partial charge in [-0.25, -0.2) is 4.98 Å². The number of aromatic nitrogens is 3. The number of pyridine rings is 1. The van der Waals surface area contributed by atoms with Gasteiger partial charge >= 0.3 is 0 Å². The highest BCUT2D eigenvalue weighted by atomic mass is 35.5. The molecule has 112 valence electrons. The van der Waals surface area contributed by atoms with Gasteiger partial charge in [-0.2, -0.15) is 5.10 Å². The Morgan fingerprint density at radius 1 is 1.43 bits per heavy atom. The zero-order valence-corrected chi connectivity index (χ0v) is 12.8. The van der Waals surface area contributed by atoms with Crippen molar-refractivity contribution in [1.29, 1.82) is 0 Å². The van der Waals surface area contributed by atoms with Crippen molar-refractivity contribution < 1.29 is 4.79 Å². The Morgan fingerprint density at radius 3 is 2.86 bits per heavy atom. The fourth-order valence-electron chi connectivity index (χ4n) is 2.06. The molecule has 0 aliphatic carbocycles. The standard InChI is InChI=1S/C14H18ClN5O/c1-9-6-10(2)20(19-9)5-3-4-17-14(21)11-7-13(15)18-8-12(11)16/h6-8H,3-5,16H2,1-2H3,(H,17,21). The maximum absolute atomic E-state index is 12.0. The molecule has 0 aliphatic heterocycles. The molecule has 3 N–H and O–H groups in total. The number of hydrogen-bond donors (Lipinski definition) is 2. The summed E-state index contributed by atoms with van der Waals surface area (Å²) in [7, 11) is 0. The van der Waals surface area contributed by atoms with Gasteiger partial charge in [-0.05, 0) is 32.4 Å². The summed E-state index contributed by atoms with van der Waals surface area (Å²) in [4.78, 5) is 15.8. The van der Waals surface area contributed by atoms with Gasteiger partial charge in [-0.1, -0.05) is 11.6 Å². The number of halogens is 1. The largest absolute Gasteiger partial charge is 0.397 e. The number of nitrogen functional groups attached to an aromatic ring is 1. The van der Waals surface area contributed by atoms with Crippen LogP contribution in [0.5, 0.6) is 0 Å². The number of nitrogens with one attached hydrogen (secondary N) is 1. The molecule has 21 heavy (non-hydrogen) atoms. The Morgan fingerprint density at radius 2 is 2.19 bits per heavy atom. The van der Waals surface area contributed by atoms with Crippen LogP contribution in [0.2, 0.25) is 5.15 Å². The number of anilines is 1. The quantitative estimate of drug-likeness (QED) is 0.653. The van der Waals surface area contributed by atoms with E-state index in [1.54, 1.807) is 0 Å². The lowest BCUT2D eigenvalue weighted by atomic mass is 10.2. The Balaban J connectivity index is 1.84. The third-order valence-corrected chi connectivity index (χ3v) is 3.29. The lowest BCUT2D eigenvalue weighted by molar-refractivity contribution is 0.0953. The molecule has 2 heterocycles. The summed E-state index contributed by atoms with van der Waals surface area (Å²) in [5.41, 5.74) is 8.49. The van der Waals surface area contributed by atoms with E-state index < -0.39 is 0 Å². The van der Waals surface area contributed by atoms with Crippen molar-refractivity contribution in [3.8, 4) is 0 Å². The number of carbonyl (C=O) groups excluding carboxylic acids is 1. The molecular weight excluding hydrogens is 290 g/mol. The monoisotopic (exact) mass is 307 g/mol.